The summed E-state index contributed by atoms with van der Waals surface area (Å²) in [7, 11) is 3.15. The Morgan fingerprint density at radius 3 is 2.39 bits per heavy atom. The average Bonchev–Trinajstić information content (AvgIpc) is 2.63. The van der Waals surface area contributed by atoms with Gasteiger partial charge in [-0.3, -0.25) is 4.79 Å². The minimum atomic E-state index is -2.92. The van der Waals surface area contributed by atoms with E-state index < -0.39 is 12.0 Å². The molecular formula is C21H22BrF2NO3. The molecule has 28 heavy (non-hydrogen) atoms. The highest BCUT2D eigenvalue weighted by Crippen LogP contribution is 2.45. The molecule has 3 rings (SSSR count). The van der Waals surface area contributed by atoms with E-state index in [2.05, 4.69) is 20.7 Å². The molecule has 0 bridgehead atoms. The van der Waals surface area contributed by atoms with Gasteiger partial charge >= 0.3 is 6.61 Å². The number of hydrogen-bond acceptors (Lipinski definition) is 3. The molecule has 1 amide bonds. The number of carbonyl (C=O) groups excluding carboxylic acids is 1. The van der Waals surface area contributed by atoms with Gasteiger partial charge in [0.15, 0.2) is 11.5 Å². The lowest BCUT2D eigenvalue weighted by atomic mass is 9.63. The Balaban J connectivity index is 1.77. The molecule has 0 radical (unpaired) electrons. The van der Waals surface area contributed by atoms with Gasteiger partial charge in [-0.25, -0.2) is 0 Å². The maximum absolute atomic E-state index is 13.3. The number of nitrogens with zero attached hydrogens (tertiary/aromatic N) is 1. The lowest BCUT2D eigenvalue weighted by Gasteiger charge is -2.43. The molecule has 150 valence electrons. The van der Waals surface area contributed by atoms with Crippen molar-refractivity contribution in [3.8, 4) is 11.5 Å². The van der Waals surface area contributed by atoms with E-state index in [1.54, 1.807) is 24.1 Å². The van der Waals surface area contributed by atoms with E-state index in [-0.39, 0.29) is 17.4 Å². The van der Waals surface area contributed by atoms with Crippen LogP contribution in [0, 0.1) is 0 Å². The van der Waals surface area contributed by atoms with E-state index in [1.807, 2.05) is 24.3 Å². The molecule has 2 aromatic carbocycles. The monoisotopic (exact) mass is 453 g/mol. The van der Waals surface area contributed by atoms with Crippen molar-refractivity contribution in [3.05, 3.63) is 58.1 Å². The molecule has 2 aromatic rings. The van der Waals surface area contributed by atoms with E-state index >= 15 is 0 Å². The minimum absolute atomic E-state index is 0.0273. The molecule has 4 nitrogen and oxygen atoms in total. The zero-order chi connectivity index (χ0) is 20.3. The predicted octanol–water partition coefficient (Wildman–Crippen LogP) is 5.14. The molecule has 0 unspecified atom stereocenters. The molecule has 0 saturated heterocycles. The van der Waals surface area contributed by atoms with E-state index in [1.165, 1.54) is 13.2 Å². The Hall–Kier alpha value is -2.15. The Labute approximate surface area is 171 Å². The van der Waals surface area contributed by atoms with Gasteiger partial charge < -0.3 is 14.4 Å². The third-order valence-electron chi connectivity index (χ3n) is 5.22. The average molecular weight is 454 g/mol. The second kappa shape index (κ2) is 8.47. The van der Waals surface area contributed by atoms with Crippen LogP contribution >= 0.6 is 15.9 Å². The van der Waals surface area contributed by atoms with E-state index in [4.69, 9.17) is 4.74 Å². The second-order valence-electron chi connectivity index (χ2n) is 6.97. The number of halogens is 3. The Bertz CT molecular complexity index is 838. The zero-order valence-electron chi connectivity index (χ0n) is 15.8. The molecule has 0 spiro atoms. The maximum atomic E-state index is 13.3. The van der Waals surface area contributed by atoms with Crippen LogP contribution in [0.1, 0.15) is 30.4 Å². The van der Waals surface area contributed by atoms with E-state index in [9.17, 15) is 13.6 Å². The molecular weight excluding hydrogens is 432 g/mol. The Morgan fingerprint density at radius 2 is 1.86 bits per heavy atom. The summed E-state index contributed by atoms with van der Waals surface area (Å²) in [5.74, 6) is 0.249. The maximum Gasteiger partial charge on any atom is 0.387 e. The van der Waals surface area contributed by atoms with Crippen LogP contribution in [0.3, 0.4) is 0 Å². The molecule has 0 N–H and O–H groups in total. The van der Waals surface area contributed by atoms with Crippen molar-refractivity contribution in [1.82, 2.24) is 4.90 Å². The second-order valence-corrected chi connectivity index (χ2v) is 7.88. The molecule has 7 heteroatoms. The number of methoxy groups -OCH3 is 1. The van der Waals surface area contributed by atoms with Crippen molar-refractivity contribution in [1.29, 1.82) is 0 Å². The predicted molar refractivity (Wildman–Crippen MR) is 106 cm³/mol. The number of carbonyl (C=O) groups is 1. The van der Waals surface area contributed by atoms with Crippen LogP contribution in [0.4, 0.5) is 8.78 Å². The third-order valence-corrected chi connectivity index (χ3v) is 5.75. The van der Waals surface area contributed by atoms with Crippen LogP contribution in [-0.4, -0.2) is 31.6 Å². The third kappa shape index (κ3) is 4.14. The van der Waals surface area contributed by atoms with Crippen molar-refractivity contribution in [2.45, 2.75) is 37.8 Å². The summed E-state index contributed by atoms with van der Waals surface area (Å²) < 4.78 is 35.5. The van der Waals surface area contributed by atoms with E-state index in [0.29, 0.717) is 6.54 Å². The first-order chi connectivity index (χ1) is 13.4. The number of likely N-dealkylation sites (N-methyl/N-ethyl adjacent to an activating group) is 1. The van der Waals surface area contributed by atoms with Gasteiger partial charge in [-0.15, -0.1) is 0 Å². The Kier molecular flexibility index (Phi) is 6.23. The summed E-state index contributed by atoms with van der Waals surface area (Å²) in [5, 5.41) is 0. The molecule has 0 atom stereocenters. The van der Waals surface area contributed by atoms with Crippen molar-refractivity contribution in [2.75, 3.05) is 14.2 Å². The fraction of sp³-hybridized carbons (Fsp3) is 0.381. The number of rotatable bonds is 7. The SMILES string of the molecule is COc1cc(CN(C)C(=O)C2(c3ccc(Br)cc3)CCC2)ccc1OC(F)F. The zero-order valence-corrected chi connectivity index (χ0v) is 17.3. The van der Waals surface area contributed by atoms with Gasteiger partial charge in [-0.05, 0) is 48.2 Å². The molecule has 1 fully saturated rings. The van der Waals surface area contributed by atoms with Crippen molar-refractivity contribution in [3.63, 3.8) is 0 Å². The normalized spacial score (nSPS) is 15.1. The molecule has 0 heterocycles. The summed E-state index contributed by atoms with van der Waals surface area (Å²) in [6.45, 7) is -2.57. The fourth-order valence-electron chi connectivity index (χ4n) is 3.64. The van der Waals surface area contributed by atoms with Crippen LogP contribution < -0.4 is 9.47 Å². The first kappa shape index (κ1) is 20.6. The minimum Gasteiger partial charge on any atom is -0.493 e. The lowest BCUT2D eigenvalue weighted by Crippen LogP contribution is -2.49. The first-order valence-corrected chi connectivity index (χ1v) is 9.78. The lowest BCUT2D eigenvalue weighted by molar-refractivity contribution is -0.140. The number of benzene rings is 2. The van der Waals surface area contributed by atoms with Crippen LogP contribution in [0.25, 0.3) is 0 Å². The Morgan fingerprint density at radius 1 is 1.18 bits per heavy atom. The topological polar surface area (TPSA) is 38.8 Å². The molecule has 1 saturated carbocycles. The van der Waals surface area contributed by atoms with Gasteiger partial charge in [0, 0.05) is 18.1 Å². The standard InChI is InChI=1S/C21H22BrF2NO3/c1-25(13-14-4-9-17(28-20(23)24)18(12-14)27-2)19(26)21(10-3-11-21)15-5-7-16(22)8-6-15/h4-9,12,20H,3,10-11,13H2,1-2H3. The summed E-state index contributed by atoms with van der Waals surface area (Å²) in [6.07, 6.45) is 2.66. The van der Waals surface area contributed by atoms with Gasteiger partial charge in [-0.1, -0.05) is 40.5 Å². The summed E-state index contributed by atoms with van der Waals surface area (Å²) in [4.78, 5) is 14.9. The summed E-state index contributed by atoms with van der Waals surface area (Å²) in [5.41, 5.74) is 1.31. The number of amides is 1. The molecule has 0 aliphatic heterocycles. The number of alkyl halides is 2. The molecule has 1 aliphatic rings. The molecule has 0 aromatic heterocycles. The number of hydrogen-bond donors (Lipinski definition) is 0. The van der Waals surface area contributed by atoms with Gasteiger partial charge in [-0.2, -0.15) is 8.78 Å². The number of ether oxygens (including phenoxy) is 2. The highest BCUT2D eigenvalue weighted by Gasteiger charge is 2.46. The van der Waals surface area contributed by atoms with E-state index in [0.717, 1.165) is 34.9 Å². The van der Waals surface area contributed by atoms with Gasteiger partial charge in [0.25, 0.3) is 0 Å². The van der Waals surface area contributed by atoms with Crippen molar-refractivity contribution < 1.29 is 23.0 Å². The van der Waals surface area contributed by atoms with Crippen LogP contribution in [0.5, 0.6) is 11.5 Å². The van der Waals surface area contributed by atoms with Crippen LogP contribution in [0.2, 0.25) is 0 Å². The largest absolute Gasteiger partial charge is 0.493 e. The van der Waals surface area contributed by atoms with Gasteiger partial charge in [0.2, 0.25) is 5.91 Å². The van der Waals surface area contributed by atoms with Crippen LogP contribution in [-0.2, 0) is 16.8 Å². The smallest absolute Gasteiger partial charge is 0.387 e. The summed E-state index contributed by atoms with van der Waals surface area (Å²) in [6, 6.07) is 12.6. The molecule has 1 aliphatic carbocycles. The quantitative estimate of drug-likeness (QED) is 0.582. The first-order valence-electron chi connectivity index (χ1n) is 8.99. The van der Waals surface area contributed by atoms with Crippen molar-refractivity contribution in [2.24, 2.45) is 0 Å². The fourth-order valence-corrected chi connectivity index (χ4v) is 3.90. The highest BCUT2D eigenvalue weighted by molar-refractivity contribution is 9.10. The van der Waals surface area contributed by atoms with Gasteiger partial charge in [0.1, 0.15) is 0 Å². The van der Waals surface area contributed by atoms with Gasteiger partial charge in [0.05, 0.1) is 12.5 Å². The highest BCUT2D eigenvalue weighted by atomic mass is 79.9. The summed E-state index contributed by atoms with van der Waals surface area (Å²) >= 11 is 3.43. The van der Waals surface area contributed by atoms with Crippen molar-refractivity contribution >= 4 is 21.8 Å². The van der Waals surface area contributed by atoms with Crippen LogP contribution in [0.15, 0.2) is 46.9 Å².